The zero-order chi connectivity index (χ0) is 22.2. The highest BCUT2D eigenvalue weighted by Gasteiger charge is 2.35. The molecule has 9 nitrogen and oxygen atoms in total. The zero-order valence-electron chi connectivity index (χ0n) is 18.0. The van der Waals surface area contributed by atoms with Crippen LogP contribution in [0.5, 0.6) is 0 Å². The molecule has 28 heavy (non-hydrogen) atoms. The number of carboxylic acid groups (broad SMARTS) is 1. The standard InChI is InChI=1S/C19H36N4O5/c1-8-10(3)14(21-16(24)12(5)20)17(25)22-15(11(4)9-2)18(26)23(7)13(6)19(27)28/h10-15H,8-9,20H2,1-7H3,(H,21,24)(H,22,25)(H,27,28)/t10-,11-,12-,13-,14-,15-/m0/s1. The minimum atomic E-state index is -1.13. The normalized spacial score (nSPS) is 17.4. The number of likely N-dealkylation sites (N-methyl/N-ethyl adjacent to an activating group) is 1. The van der Waals surface area contributed by atoms with Crippen molar-refractivity contribution in [2.24, 2.45) is 17.6 Å². The predicted molar refractivity (Wildman–Crippen MR) is 106 cm³/mol. The second kappa shape index (κ2) is 11.6. The lowest BCUT2D eigenvalue weighted by atomic mass is 9.94. The van der Waals surface area contributed by atoms with Gasteiger partial charge in [-0.15, -0.1) is 0 Å². The van der Waals surface area contributed by atoms with E-state index in [9.17, 15) is 19.2 Å². The van der Waals surface area contributed by atoms with E-state index >= 15 is 0 Å². The van der Waals surface area contributed by atoms with Gasteiger partial charge in [-0.25, -0.2) is 4.79 Å². The summed E-state index contributed by atoms with van der Waals surface area (Å²) < 4.78 is 0. The number of carbonyl (C=O) groups is 4. The SMILES string of the molecule is CC[C@H](C)[C@H](NC(=O)[C@H](C)N)C(=O)N[C@H](C(=O)N(C)[C@@H](C)C(=O)O)[C@@H](C)CC. The van der Waals surface area contributed by atoms with E-state index in [-0.39, 0.29) is 11.8 Å². The minimum Gasteiger partial charge on any atom is -0.480 e. The van der Waals surface area contributed by atoms with Crippen molar-refractivity contribution in [2.45, 2.75) is 78.6 Å². The number of carbonyl (C=O) groups excluding carboxylic acids is 3. The first kappa shape index (κ1) is 25.8. The molecule has 0 fully saturated rings. The van der Waals surface area contributed by atoms with Crippen LogP contribution >= 0.6 is 0 Å². The molecule has 9 heteroatoms. The number of amides is 3. The Labute approximate surface area is 167 Å². The molecule has 0 saturated carbocycles. The molecule has 0 saturated heterocycles. The molecule has 0 rings (SSSR count). The summed E-state index contributed by atoms with van der Waals surface area (Å²) in [5.74, 6) is -2.96. The Morgan fingerprint density at radius 1 is 0.893 bits per heavy atom. The number of nitrogens with one attached hydrogen (secondary N) is 2. The van der Waals surface area contributed by atoms with Crippen LogP contribution in [-0.2, 0) is 19.2 Å². The van der Waals surface area contributed by atoms with Gasteiger partial charge in [0.15, 0.2) is 0 Å². The summed E-state index contributed by atoms with van der Waals surface area (Å²) in [5.41, 5.74) is 5.59. The van der Waals surface area contributed by atoms with E-state index in [0.29, 0.717) is 12.8 Å². The summed E-state index contributed by atoms with van der Waals surface area (Å²) in [4.78, 5) is 50.1. The van der Waals surface area contributed by atoms with E-state index in [4.69, 9.17) is 10.8 Å². The molecule has 0 aromatic carbocycles. The van der Waals surface area contributed by atoms with E-state index in [1.54, 1.807) is 6.92 Å². The van der Waals surface area contributed by atoms with Crippen LogP contribution in [0.2, 0.25) is 0 Å². The Bertz CT molecular complexity index is 567. The summed E-state index contributed by atoms with van der Waals surface area (Å²) in [6, 6.07) is -3.54. The molecule has 3 amide bonds. The fourth-order valence-electron chi connectivity index (χ4n) is 2.49. The molecule has 6 atom stereocenters. The fourth-order valence-corrected chi connectivity index (χ4v) is 2.49. The average Bonchev–Trinajstić information content (AvgIpc) is 2.66. The van der Waals surface area contributed by atoms with Crippen molar-refractivity contribution in [1.29, 1.82) is 0 Å². The van der Waals surface area contributed by atoms with Crippen molar-refractivity contribution in [3.63, 3.8) is 0 Å². The quantitative estimate of drug-likeness (QED) is 0.394. The molecule has 162 valence electrons. The Morgan fingerprint density at radius 2 is 1.32 bits per heavy atom. The first-order chi connectivity index (χ1) is 12.9. The summed E-state index contributed by atoms with van der Waals surface area (Å²) in [7, 11) is 1.40. The number of hydrogen-bond acceptors (Lipinski definition) is 5. The second-order valence-corrected chi connectivity index (χ2v) is 7.50. The third-order valence-corrected chi connectivity index (χ3v) is 5.27. The highest BCUT2D eigenvalue weighted by Crippen LogP contribution is 2.14. The molecule has 5 N–H and O–H groups in total. The van der Waals surface area contributed by atoms with Crippen LogP contribution in [0.4, 0.5) is 0 Å². The van der Waals surface area contributed by atoms with Crippen LogP contribution < -0.4 is 16.4 Å². The van der Waals surface area contributed by atoms with Crippen LogP contribution in [0, 0.1) is 11.8 Å². The molecule has 0 radical (unpaired) electrons. The van der Waals surface area contributed by atoms with Gasteiger partial charge in [-0.3, -0.25) is 14.4 Å². The molecular weight excluding hydrogens is 364 g/mol. The number of aliphatic carboxylic acids is 1. The topological polar surface area (TPSA) is 142 Å². The van der Waals surface area contributed by atoms with Gasteiger partial charge in [-0.1, -0.05) is 40.5 Å². The average molecular weight is 401 g/mol. The molecule has 0 spiro atoms. The largest absolute Gasteiger partial charge is 0.480 e. The lowest BCUT2D eigenvalue weighted by Gasteiger charge is -2.32. The van der Waals surface area contributed by atoms with Crippen LogP contribution in [0.3, 0.4) is 0 Å². The maximum Gasteiger partial charge on any atom is 0.326 e. The van der Waals surface area contributed by atoms with E-state index < -0.39 is 47.9 Å². The maximum atomic E-state index is 12.9. The molecule has 0 aliphatic rings. The Hall–Kier alpha value is -2.16. The van der Waals surface area contributed by atoms with Gasteiger partial charge < -0.3 is 26.4 Å². The fraction of sp³-hybridized carbons (Fsp3) is 0.789. The van der Waals surface area contributed by atoms with Gasteiger partial charge in [0.2, 0.25) is 17.7 Å². The molecule has 0 unspecified atom stereocenters. The minimum absolute atomic E-state index is 0.175. The van der Waals surface area contributed by atoms with Crippen LogP contribution in [-0.4, -0.2) is 64.9 Å². The molecule has 0 aliphatic carbocycles. The molecular formula is C19H36N4O5. The highest BCUT2D eigenvalue weighted by molar-refractivity contribution is 5.94. The van der Waals surface area contributed by atoms with Gasteiger partial charge >= 0.3 is 5.97 Å². The van der Waals surface area contributed by atoms with E-state index in [1.165, 1.54) is 20.9 Å². The molecule has 0 aromatic rings. The monoisotopic (exact) mass is 400 g/mol. The molecule has 0 aromatic heterocycles. The lowest BCUT2D eigenvalue weighted by molar-refractivity contribution is -0.150. The van der Waals surface area contributed by atoms with Gasteiger partial charge in [0.05, 0.1) is 6.04 Å². The first-order valence-electron chi connectivity index (χ1n) is 9.74. The molecule has 0 bridgehead atoms. The first-order valence-corrected chi connectivity index (χ1v) is 9.74. The number of hydrogen-bond donors (Lipinski definition) is 4. The van der Waals surface area contributed by atoms with Crippen LogP contribution in [0.15, 0.2) is 0 Å². The van der Waals surface area contributed by atoms with E-state index in [1.807, 2.05) is 20.8 Å². The number of rotatable bonds is 11. The Kier molecular flexibility index (Phi) is 10.7. The maximum absolute atomic E-state index is 12.9. The summed E-state index contributed by atoms with van der Waals surface area (Å²) >= 11 is 0. The van der Waals surface area contributed by atoms with Crippen molar-refractivity contribution in [3.8, 4) is 0 Å². The van der Waals surface area contributed by atoms with Crippen molar-refractivity contribution < 1.29 is 24.3 Å². The van der Waals surface area contributed by atoms with Crippen LogP contribution in [0.1, 0.15) is 54.4 Å². The van der Waals surface area contributed by atoms with Crippen molar-refractivity contribution in [1.82, 2.24) is 15.5 Å². The highest BCUT2D eigenvalue weighted by atomic mass is 16.4. The van der Waals surface area contributed by atoms with Crippen LogP contribution in [0.25, 0.3) is 0 Å². The van der Waals surface area contributed by atoms with Gasteiger partial charge in [0.25, 0.3) is 0 Å². The third kappa shape index (κ3) is 7.10. The molecule has 0 aliphatic heterocycles. The zero-order valence-corrected chi connectivity index (χ0v) is 18.0. The Balaban J connectivity index is 5.58. The second-order valence-electron chi connectivity index (χ2n) is 7.50. The van der Waals surface area contributed by atoms with E-state index in [0.717, 1.165) is 4.90 Å². The van der Waals surface area contributed by atoms with Gasteiger partial charge in [-0.05, 0) is 25.7 Å². The summed E-state index contributed by atoms with van der Waals surface area (Å²) in [5, 5.41) is 14.5. The van der Waals surface area contributed by atoms with Gasteiger partial charge in [0.1, 0.15) is 18.1 Å². The Morgan fingerprint density at radius 3 is 1.71 bits per heavy atom. The van der Waals surface area contributed by atoms with Gasteiger partial charge in [-0.2, -0.15) is 0 Å². The third-order valence-electron chi connectivity index (χ3n) is 5.27. The summed E-state index contributed by atoms with van der Waals surface area (Å²) in [6.45, 7) is 10.3. The van der Waals surface area contributed by atoms with E-state index in [2.05, 4.69) is 10.6 Å². The van der Waals surface area contributed by atoms with Crippen molar-refractivity contribution in [2.75, 3.05) is 7.05 Å². The number of carboxylic acids is 1. The van der Waals surface area contributed by atoms with Crippen molar-refractivity contribution >= 4 is 23.7 Å². The smallest absolute Gasteiger partial charge is 0.326 e. The lowest BCUT2D eigenvalue weighted by Crippen LogP contribution is -2.59. The number of nitrogens with zero attached hydrogens (tertiary/aromatic N) is 1. The van der Waals surface area contributed by atoms with Gasteiger partial charge in [0, 0.05) is 7.05 Å². The predicted octanol–water partition coefficient (Wildman–Crippen LogP) is 0.327. The van der Waals surface area contributed by atoms with Crippen molar-refractivity contribution in [3.05, 3.63) is 0 Å². The number of nitrogens with two attached hydrogens (primary N) is 1. The molecule has 0 heterocycles. The summed E-state index contributed by atoms with van der Waals surface area (Å²) in [6.07, 6.45) is 1.24.